The van der Waals surface area contributed by atoms with E-state index in [9.17, 15) is 13.2 Å². The second kappa shape index (κ2) is 9.84. The van der Waals surface area contributed by atoms with Crippen LogP contribution < -0.4 is 15.8 Å². The number of amides is 1. The minimum atomic E-state index is -3.87. The minimum absolute atomic E-state index is 0.133. The van der Waals surface area contributed by atoms with Crippen molar-refractivity contribution in [3.8, 4) is 0 Å². The number of hydrogen-bond donors (Lipinski definition) is 3. The lowest BCUT2D eigenvalue weighted by Crippen LogP contribution is -2.43. The third-order valence-electron chi connectivity index (χ3n) is 4.91. The lowest BCUT2D eigenvalue weighted by atomic mass is 10.1. The van der Waals surface area contributed by atoms with Crippen LogP contribution >= 0.6 is 0 Å². The summed E-state index contributed by atoms with van der Waals surface area (Å²) in [6, 6.07) is 18.9. The molecule has 0 heterocycles. The first-order chi connectivity index (χ1) is 14.4. The summed E-state index contributed by atoms with van der Waals surface area (Å²) in [4.78, 5) is 13.0. The van der Waals surface area contributed by atoms with Gasteiger partial charge in [-0.25, -0.2) is 8.42 Å². The van der Waals surface area contributed by atoms with Crippen LogP contribution in [0.1, 0.15) is 24.8 Å². The number of carbonyl (C=O) groups excluding carboxylic acids is 1. The summed E-state index contributed by atoms with van der Waals surface area (Å²) < 4.78 is 28.6. The van der Waals surface area contributed by atoms with Gasteiger partial charge in [-0.2, -0.15) is 4.72 Å². The first kappa shape index (κ1) is 22.0. The molecule has 3 rings (SSSR count). The summed E-state index contributed by atoms with van der Waals surface area (Å²) >= 11 is 0. The fourth-order valence-corrected chi connectivity index (χ4v) is 4.46. The van der Waals surface area contributed by atoms with Gasteiger partial charge in [0.15, 0.2) is 0 Å². The van der Waals surface area contributed by atoms with Crippen LogP contribution in [0, 0.1) is 6.92 Å². The monoisotopic (exact) mass is 425 g/mol. The van der Waals surface area contributed by atoms with Crippen LogP contribution in [0.5, 0.6) is 0 Å². The number of nitrogens with two attached hydrogens (primary N) is 1. The topological polar surface area (TPSA) is 101 Å². The highest BCUT2D eigenvalue weighted by atomic mass is 32.2. The second-order valence-electron chi connectivity index (χ2n) is 7.32. The Morgan fingerprint density at radius 1 is 0.967 bits per heavy atom. The predicted octanol–water partition coefficient (Wildman–Crippen LogP) is 3.56. The van der Waals surface area contributed by atoms with Crippen molar-refractivity contribution >= 4 is 32.4 Å². The van der Waals surface area contributed by atoms with E-state index in [0.29, 0.717) is 31.5 Å². The lowest BCUT2D eigenvalue weighted by Gasteiger charge is -2.19. The Kier molecular flexibility index (Phi) is 7.20. The van der Waals surface area contributed by atoms with Crippen LogP contribution in [-0.2, 0) is 14.8 Å². The third-order valence-corrected chi connectivity index (χ3v) is 6.38. The third kappa shape index (κ3) is 5.66. The number of aryl methyl sites for hydroxylation is 1. The van der Waals surface area contributed by atoms with E-state index in [4.69, 9.17) is 5.73 Å². The second-order valence-corrected chi connectivity index (χ2v) is 9.04. The number of fused-ring (bicyclic) bond motifs is 1. The number of sulfonamides is 1. The van der Waals surface area contributed by atoms with Gasteiger partial charge in [-0.1, -0.05) is 54.4 Å². The van der Waals surface area contributed by atoms with E-state index < -0.39 is 16.1 Å². The van der Waals surface area contributed by atoms with Crippen LogP contribution in [0.3, 0.4) is 0 Å². The average molecular weight is 426 g/mol. The van der Waals surface area contributed by atoms with Crippen LogP contribution in [0.4, 0.5) is 5.69 Å². The summed E-state index contributed by atoms with van der Waals surface area (Å²) in [6.07, 6.45) is 1.72. The van der Waals surface area contributed by atoms with Gasteiger partial charge < -0.3 is 11.1 Å². The van der Waals surface area contributed by atoms with Gasteiger partial charge >= 0.3 is 0 Å². The number of nitrogens with one attached hydrogen (secondary N) is 2. The van der Waals surface area contributed by atoms with E-state index in [2.05, 4.69) is 10.0 Å². The number of carbonyl (C=O) groups is 1. The molecule has 0 aliphatic heterocycles. The van der Waals surface area contributed by atoms with Gasteiger partial charge in [0.2, 0.25) is 15.9 Å². The zero-order valence-electron chi connectivity index (χ0n) is 17.0. The molecule has 0 bridgehead atoms. The molecule has 0 fully saturated rings. The molecule has 0 aliphatic rings. The lowest BCUT2D eigenvalue weighted by molar-refractivity contribution is -0.117. The van der Waals surface area contributed by atoms with Gasteiger partial charge in [0.25, 0.3) is 0 Å². The highest BCUT2D eigenvalue weighted by Gasteiger charge is 2.25. The van der Waals surface area contributed by atoms with E-state index in [0.717, 1.165) is 16.3 Å². The average Bonchev–Trinajstić information content (AvgIpc) is 2.74. The molecule has 30 heavy (non-hydrogen) atoms. The van der Waals surface area contributed by atoms with Crippen molar-refractivity contribution in [3.05, 3.63) is 72.3 Å². The fraction of sp³-hybridized carbons (Fsp3) is 0.261. The van der Waals surface area contributed by atoms with Gasteiger partial charge in [0, 0.05) is 5.69 Å². The summed E-state index contributed by atoms with van der Waals surface area (Å²) in [5.41, 5.74) is 7.26. The molecule has 0 spiro atoms. The molecule has 1 atom stereocenters. The number of anilines is 1. The Balaban J connectivity index is 1.80. The molecule has 0 radical (unpaired) electrons. The molecule has 6 nitrogen and oxygen atoms in total. The molecule has 0 aromatic heterocycles. The maximum atomic E-state index is 13.0. The van der Waals surface area contributed by atoms with Crippen molar-refractivity contribution in [3.63, 3.8) is 0 Å². The summed E-state index contributed by atoms with van der Waals surface area (Å²) in [5.74, 6) is -0.389. The fourth-order valence-electron chi connectivity index (χ4n) is 3.19. The number of rotatable bonds is 9. The normalized spacial score (nSPS) is 12.6. The summed E-state index contributed by atoms with van der Waals surface area (Å²) in [6.45, 7) is 2.45. The van der Waals surface area contributed by atoms with Crippen molar-refractivity contribution in [2.45, 2.75) is 37.1 Å². The van der Waals surface area contributed by atoms with Gasteiger partial charge in [-0.15, -0.1) is 0 Å². The van der Waals surface area contributed by atoms with Crippen LogP contribution in [0.25, 0.3) is 10.8 Å². The molecular weight excluding hydrogens is 398 g/mol. The maximum absolute atomic E-state index is 13.0. The largest absolute Gasteiger partial charge is 0.330 e. The molecular formula is C23H27N3O3S. The zero-order valence-corrected chi connectivity index (χ0v) is 17.8. The van der Waals surface area contributed by atoms with E-state index >= 15 is 0 Å². The van der Waals surface area contributed by atoms with E-state index in [1.165, 1.54) is 0 Å². The molecule has 0 unspecified atom stereocenters. The predicted molar refractivity (Wildman–Crippen MR) is 121 cm³/mol. The number of hydrogen-bond acceptors (Lipinski definition) is 4. The van der Waals surface area contributed by atoms with Crippen molar-refractivity contribution in [1.29, 1.82) is 0 Å². The number of unbranched alkanes of at least 4 members (excludes halogenated alkanes) is 1. The van der Waals surface area contributed by atoms with Crippen molar-refractivity contribution in [2.75, 3.05) is 11.9 Å². The first-order valence-corrected chi connectivity index (χ1v) is 11.5. The van der Waals surface area contributed by atoms with Gasteiger partial charge in [-0.3, -0.25) is 4.79 Å². The zero-order chi connectivity index (χ0) is 21.6. The molecule has 4 N–H and O–H groups in total. The van der Waals surface area contributed by atoms with Crippen LogP contribution in [0.2, 0.25) is 0 Å². The van der Waals surface area contributed by atoms with E-state index in [1.54, 1.807) is 30.3 Å². The molecule has 3 aromatic carbocycles. The Hall–Kier alpha value is -2.74. The molecule has 158 valence electrons. The number of benzene rings is 3. The summed E-state index contributed by atoms with van der Waals surface area (Å²) in [7, 11) is -3.87. The molecule has 7 heteroatoms. The standard InChI is InChI=1S/C23H27N3O3S/c1-17-9-12-20(13-10-17)25-23(27)22(8-4-5-15-24)26-30(28,29)21-14-11-18-6-2-3-7-19(18)16-21/h2-3,6-7,9-14,16,22,26H,4-5,8,15,24H2,1H3,(H,25,27)/t22-/m0/s1. The van der Waals surface area contributed by atoms with Gasteiger partial charge in [0.1, 0.15) is 6.04 Å². The summed E-state index contributed by atoms with van der Waals surface area (Å²) in [5, 5.41) is 4.58. The molecule has 0 saturated heterocycles. The van der Waals surface area contributed by atoms with Crippen molar-refractivity contribution in [2.24, 2.45) is 5.73 Å². The van der Waals surface area contributed by atoms with E-state index in [1.807, 2.05) is 43.3 Å². The molecule has 3 aromatic rings. The SMILES string of the molecule is Cc1ccc(NC(=O)[C@H](CCCCN)NS(=O)(=O)c2ccc3ccccc3c2)cc1. The quantitative estimate of drug-likeness (QED) is 0.456. The Bertz CT molecular complexity index is 1110. The molecule has 0 saturated carbocycles. The van der Waals surface area contributed by atoms with Gasteiger partial charge in [0.05, 0.1) is 4.90 Å². The molecule has 0 aliphatic carbocycles. The highest BCUT2D eigenvalue weighted by molar-refractivity contribution is 7.89. The van der Waals surface area contributed by atoms with Crippen LogP contribution in [-0.4, -0.2) is 26.9 Å². The smallest absolute Gasteiger partial charge is 0.242 e. The first-order valence-electron chi connectivity index (χ1n) is 9.98. The molecule has 1 amide bonds. The van der Waals surface area contributed by atoms with Crippen molar-refractivity contribution < 1.29 is 13.2 Å². The highest BCUT2D eigenvalue weighted by Crippen LogP contribution is 2.20. The maximum Gasteiger partial charge on any atom is 0.242 e. The Labute approximate surface area is 177 Å². The minimum Gasteiger partial charge on any atom is -0.330 e. The van der Waals surface area contributed by atoms with Crippen LogP contribution in [0.15, 0.2) is 71.6 Å². The van der Waals surface area contributed by atoms with Gasteiger partial charge in [-0.05, 0) is 61.3 Å². The van der Waals surface area contributed by atoms with E-state index in [-0.39, 0.29) is 10.8 Å². The Morgan fingerprint density at radius 2 is 1.67 bits per heavy atom. The Morgan fingerprint density at radius 3 is 2.37 bits per heavy atom. The van der Waals surface area contributed by atoms with Crippen molar-refractivity contribution in [1.82, 2.24) is 4.72 Å².